The molecule has 0 aliphatic carbocycles. The highest BCUT2D eigenvalue weighted by Gasteiger charge is 2.65. The van der Waals surface area contributed by atoms with Crippen molar-refractivity contribution in [3.05, 3.63) is 33.8 Å². The summed E-state index contributed by atoms with van der Waals surface area (Å²) in [6, 6.07) is 3.65. The number of methoxy groups -OCH3 is 1. The molecule has 11 heteroatoms. The van der Waals surface area contributed by atoms with E-state index in [0.717, 1.165) is 7.11 Å². The summed E-state index contributed by atoms with van der Waals surface area (Å²) < 4.78 is 51.5. The first-order valence-electron chi connectivity index (χ1n) is 7.82. The summed E-state index contributed by atoms with van der Waals surface area (Å²) in [4.78, 5) is 20.5. The van der Waals surface area contributed by atoms with Crippen molar-refractivity contribution in [2.75, 3.05) is 20.2 Å². The lowest BCUT2D eigenvalue weighted by Gasteiger charge is -2.33. The Balaban J connectivity index is 2.74. The molecule has 0 aromatic heterocycles. The summed E-state index contributed by atoms with van der Waals surface area (Å²) in [6.45, 7) is 3.96. The van der Waals surface area contributed by atoms with Crippen LogP contribution in [0.25, 0.3) is 0 Å². The Labute approximate surface area is 163 Å². The third-order valence-corrected chi connectivity index (χ3v) is 4.32. The average molecular weight is 426 g/mol. The molecule has 6 nitrogen and oxygen atoms in total. The molecule has 0 bridgehead atoms. The van der Waals surface area contributed by atoms with E-state index in [2.05, 4.69) is 14.7 Å². The summed E-state index contributed by atoms with van der Waals surface area (Å²) in [6.07, 6.45) is -5.17. The fourth-order valence-electron chi connectivity index (χ4n) is 2.33. The topological polar surface area (TPSA) is 63.5 Å². The van der Waals surface area contributed by atoms with Gasteiger partial charge in [-0.1, -0.05) is 23.2 Å². The Kier molecular flexibility index (Phi) is 6.26. The van der Waals surface area contributed by atoms with Gasteiger partial charge in [-0.3, -0.25) is 0 Å². The number of carbonyl (C=O) groups excluding carboxylic acids is 1. The summed E-state index contributed by atoms with van der Waals surface area (Å²) in [5.41, 5.74) is -3.48. The largest absolute Gasteiger partial charge is 0.465 e. The number of amidine groups is 1. The molecule has 1 aliphatic rings. The van der Waals surface area contributed by atoms with Crippen molar-refractivity contribution >= 4 is 41.1 Å². The van der Waals surface area contributed by atoms with Gasteiger partial charge in [0.05, 0.1) is 17.7 Å². The van der Waals surface area contributed by atoms with Gasteiger partial charge in [0, 0.05) is 18.1 Å². The number of nitrogens with zero attached hydrogens (tertiary/aromatic N) is 3. The number of rotatable bonds is 4. The number of alkyl halides is 3. The van der Waals surface area contributed by atoms with E-state index in [1.54, 1.807) is 13.8 Å². The zero-order valence-electron chi connectivity index (χ0n) is 14.6. The molecule has 0 saturated carbocycles. The van der Waals surface area contributed by atoms with Gasteiger partial charge in [-0.05, 0) is 32.0 Å². The number of hydrogen-bond donors (Lipinski definition) is 0. The molecule has 1 atom stereocenters. The van der Waals surface area contributed by atoms with E-state index in [-0.39, 0.29) is 28.7 Å². The fourth-order valence-corrected chi connectivity index (χ4v) is 2.82. The van der Waals surface area contributed by atoms with Crippen LogP contribution in [0.4, 0.5) is 13.2 Å². The minimum absolute atomic E-state index is 0.00277. The third-order valence-electron chi connectivity index (χ3n) is 3.77. The van der Waals surface area contributed by atoms with E-state index in [1.807, 2.05) is 0 Å². The van der Waals surface area contributed by atoms with Gasteiger partial charge in [-0.15, -0.1) is 0 Å². The predicted molar refractivity (Wildman–Crippen MR) is 95.2 cm³/mol. The maximum absolute atomic E-state index is 13.9. The Morgan fingerprint density at radius 1 is 1.26 bits per heavy atom. The molecule has 0 radical (unpaired) electrons. The molecule has 1 heterocycles. The van der Waals surface area contributed by atoms with Crippen molar-refractivity contribution < 1.29 is 27.4 Å². The SMILES string of the molecule is CCN(CC)C1=N[C@@](C(=O)OC)(C(F)(F)F)N=C(c2ccc(Cl)cc2Cl)O1. The second-order valence-electron chi connectivity index (χ2n) is 5.37. The van der Waals surface area contributed by atoms with Crippen LogP contribution in [0.2, 0.25) is 10.0 Å². The first-order valence-corrected chi connectivity index (χ1v) is 8.58. The highest BCUT2D eigenvalue weighted by Crippen LogP contribution is 2.39. The molecule has 0 spiro atoms. The first-order chi connectivity index (χ1) is 12.6. The maximum Gasteiger partial charge on any atom is 0.446 e. The second-order valence-corrected chi connectivity index (χ2v) is 6.22. The number of halogens is 5. The summed E-state index contributed by atoms with van der Waals surface area (Å²) >= 11 is 11.9. The maximum atomic E-state index is 13.9. The van der Waals surface area contributed by atoms with Crippen LogP contribution in [0.1, 0.15) is 19.4 Å². The zero-order chi connectivity index (χ0) is 20.4. The third kappa shape index (κ3) is 3.98. The second kappa shape index (κ2) is 7.93. The Bertz CT molecular complexity index is 795. The van der Waals surface area contributed by atoms with Gasteiger partial charge in [0.1, 0.15) is 0 Å². The summed E-state index contributed by atoms with van der Waals surface area (Å²) in [5, 5.41) is 0.274. The molecule has 2 rings (SSSR count). The van der Waals surface area contributed by atoms with Crippen molar-refractivity contribution in [3.63, 3.8) is 0 Å². The van der Waals surface area contributed by atoms with Gasteiger partial charge < -0.3 is 14.4 Å². The molecule has 1 aromatic rings. The van der Waals surface area contributed by atoms with Gasteiger partial charge in [0.25, 0.3) is 6.02 Å². The van der Waals surface area contributed by atoms with Crippen LogP contribution in [0.3, 0.4) is 0 Å². The minimum atomic E-state index is -5.17. The van der Waals surface area contributed by atoms with Crippen LogP contribution in [-0.2, 0) is 14.3 Å². The smallest absolute Gasteiger partial charge is 0.446 e. The summed E-state index contributed by atoms with van der Waals surface area (Å²) in [5.74, 6) is -2.21. The van der Waals surface area contributed by atoms with E-state index >= 15 is 0 Å². The van der Waals surface area contributed by atoms with Crippen molar-refractivity contribution in [1.82, 2.24) is 4.90 Å². The first kappa shape index (κ1) is 21.3. The molecule has 0 N–H and O–H groups in total. The quantitative estimate of drug-likeness (QED) is 0.686. The fraction of sp³-hybridized carbons (Fsp3) is 0.438. The van der Waals surface area contributed by atoms with Crippen molar-refractivity contribution in [2.24, 2.45) is 9.98 Å². The lowest BCUT2D eigenvalue weighted by molar-refractivity contribution is -0.202. The Morgan fingerprint density at radius 3 is 2.37 bits per heavy atom. The highest BCUT2D eigenvalue weighted by molar-refractivity contribution is 6.37. The average Bonchev–Trinajstić information content (AvgIpc) is 2.60. The van der Waals surface area contributed by atoms with Gasteiger partial charge in [0.15, 0.2) is 0 Å². The van der Waals surface area contributed by atoms with E-state index in [9.17, 15) is 18.0 Å². The number of ether oxygens (including phenoxy) is 2. The molecule has 1 aliphatic heterocycles. The molecule has 27 heavy (non-hydrogen) atoms. The van der Waals surface area contributed by atoms with Crippen LogP contribution in [0, 0.1) is 0 Å². The normalized spacial score (nSPS) is 19.7. The molecule has 0 fully saturated rings. The summed E-state index contributed by atoms with van der Waals surface area (Å²) in [7, 11) is 0.822. The van der Waals surface area contributed by atoms with Crippen LogP contribution >= 0.6 is 23.2 Å². The number of aliphatic imine (C=N–C) groups is 2. The monoisotopic (exact) mass is 425 g/mol. The lowest BCUT2D eigenvalue weighted by Crippen LogP contribution is -2.55. The number of carbonyl (C=O) groups is 1. The standard InChI is InChI=1S/C16H16Cl2F3N3O3/c1-4-24(5-2)14-23-15(13(25)26-3,16(19,20)21)22-12(27-14)10-7-6-9(17)8-11(10)18/h6-8H,4-5H2,1-3H3/t15-/m0/s1. The van der Waals surface area contributed by atoms with Gasteiger partial charge in [0.2, 0.25) is 5.90 Å². The van der Waals surface area contributed by atoms with Crippen LogP contribution < -0.4 is 0 Å². The van der Waals surface area contributed by atoms with E-state index in [0.29, 0.717) is 0 Å². The molecular weight excluding hydrogens is 410 g/mol. The van der Waals surface area contributed by atoms with Crippen molar-refractivity contribution in [1.29, 1.82) is 0 Å². The molecule has 0 unspecified atom stereocenters. The van der Waals surface area contributed by atoms with Gasteiger partial charge in [-0.25, -0.2) is 4.79 Å². The van der Waals surface area contributed by atoms with Crippen LogP contribution in [-0.4, -0.2) is 54.8 Å². The number of hydrogen-bond acceptors (Lipinski definition) is 6. The molecule has 0 amide bonds. The van der Waals surface area contributed by atoms with Gasteiger partial charge >= 0.3 is 17.8 Å². The van der Waals surface area contributed by atoms with Crippen molar-refractivity contribution in [3.8, 4) is 0 Å². The van der Waals surface area contributed by atoms with Crippen molar-refractivity contribution in [2.45, 2.75) is 25.7 Å². The van der Waals surface area contributed by atoms with E-state index < -0.39 is 29.7 Å². The molecule has 148 valence electrons. The van der Waals surface area contributed by atoms with Crippen LogP contribution in [0.5, 0.6) is 0 Å². The lowest BCUT2D eigenvalue weighted by atomic mass is 10.1. The Hall–Kier alpha value is -2.00. The minimum Gasteiger partial charge on any atom is -0.465 e. The number of esters is 1. The predicted octanol–water partition coefficient (Wildman–Crippen LogP) is 3.90. The molecule has 0 saturated heterocycles. The Morgan fingerprint density at radius 2 is 1.89 bits per heavy atom. The van der Waals surface area contributed by atoms with Gasteiger partial charge in [-0.2, -0.15) is 23.2 Å². The molecule has 1 aromatic carbocycles. The highest BCUT2D eigenvalue weighted by atomic mass is 35.5. The molecular formula is C16H16Cl2F3N3O3. The zero-order valence-corrected chi connectivity index (χ0v) is 16.1. The van der Waals surface area contributed by atoms with Crippen LogP contribution in [0.15, 0.2) is 28.2 Å². The number of benzene rings is 1. The van der Waals surface area contributed by atoms with E-state index in [4.69, 9.17) is 27.9 Å². The van der Waals surface area contributed by atoms with E-state index in [1.165, 1.54) is 23.1 Å².